The number of phenols is 1. The van der Waals surface area contributed by atoms with E-state index in [0.29, 0.717) is 37.0 Å². The van der Waals surface area contributed by atoms with Gasteiger partial charge in [0.2, 0.25) is 5.91 Å². The average molecular weight is 463 g/mol. The maximum Gasteiger partial charge on any atom is 0.408 e. The lowest BCUT2D eigenvalue weighted by Gasteiger charge is -2.34. The molecule has 2 rings (SSSR count). The molecule has 0 aromatic heterocycles. The second-order valence-electron chi connectivity index (χ2n) is 8.82. The predicted molar refractivity (Wildman–Crippen MR) is 122 cm³/mol. The zero-order valence-corrected chi connectivity index (χ0v) is 19.9. The number of ether oxygens (including phenoxy) is 3. The Morgan fingerprint density at radius 3 is 2.39 bits per heavy atom. The minimum Gasteiger partial charge on any atom is -0.507 e. The van der Waals surface area contributed by atoms with Crippen LogP contribution in [0.15, 0.2) is 30.4 Å². The second kappa shape index (κ2) is 11.6. The number of allylic oxidation sites excluding steroid dienone is 2. The van der Waals surface area contributed by atoms with Gasteiger partial charge in [0.15, 0.2) is 0 Å². The Kier molecular flexibility index (Phi) is 9.13. The Balaban J connectivity index is 2.41. The van der Waals surface area contributed by atoms with Crippen LogP contribution in [0, 0.1) is 0 Å². The van der Waals surface area contributed by atoms with E-state index in [2.05, 4.69) is 5.32 Å². The Labute approximate surface area is 194 Å². The first-order valence-corrected chi connectivity index (χ1v) is 10.9. The van der Waals surface area contributed by atoms with Crippen LogP contribution < -0.4 is 10.1 Å². The fraction of sp³-hybridized carbons (Fsp3) is 0.542. The first-order valence-electron chi connectivity index (χ1n) is 10.9. The standard InChI is InChI=1S/C24H34N2O7/c1-24(2,3)33-23(30)25-18-10-8-6-7-9-11-19(22(29)32-5)26(21(18)28)15-16-12-13-17(31-4)14-20(16)27/h6-7,12-14,18-19,27H,8-11,15H2,1-5H3,(H,25,30)/b7-6+/t18-,19-/m0/s1. The second-order valence-corrected chi connectivity index (χ2v) is 8.82. The maximum absolute atomic E-state index is 13.7. The van der Waals surface area contributed by atoms with Crippen LogP contribution in [0.2, 0.25) is 0 Å². The molecule has 0 aliphatic carbocycles. The van der Waals surface area contributed by atoms with E-state index in [0.717, 1.165) is 0 Å². The molecule has 1 aliphatic rings. The van der Waals surface area contributed by atoms with Crippen LogP contribution in [0.1, 0.15) is 52.0 Å². The minimum atomic E-state index is -0.921. The van der Waals surface area contributed by atoms with E-state index in [4.69, 9.17) is 14.2 Å². The summed E-state index contributed by atoms with van der Waals surface area (Å²) in [5.41, 5.74) is -0.298. The summed E-state index contributed by atoms with van der Waals surface area (Å²) in [7, 11) is 2.75. The number of hydrogen-bond donors (Lipinski definition) is 2. The number of carbonyl (C=O) groups excluding carboxylic acids is 3. The molecule has 2 atom stereocenters. The van der Waals surface area contributed by atoms with Crippen molar-refractivity contribution < 1.29 is 33.7 Å². The fourth-order valence-electron chi connectivity index (χ4n) is 3.53. The third kappa shape index (κ3) is 7.69. The van der Waals surface area contributed by atoms with Gasteiger partial charge < -0.3 is 29.5 Å². The van der Waals surface area contributed by atoms with Crippen LogP contribution in [0.4, 0.5) is 4.79 Å². The molecule has 182 valence electrons. The highest BCUT2D eigenvalue weighted by atomic mass is 16.6. The Morgan fingerprint density at radius 1 is 1.15 bits per heavy atom. The van der Waals surface area contributed by atoms with Gasteiger partial charge in [0.25, 0.3) is 0 Å². The van der Waals surface area contributed by atoms with Crippen LogP contribution >= 0.6 is 0 Å². The van der Waals surface area contributed by atoms with Crippen LogP contribution in [-0.2, 0) is 25.6 Å². The number of alkyl carbamates (subject to hydrolysis) is 1. The molecule has 1 aromatic carbocycles. The van der Waals surface area contributed by atoms with Gasteiger partial charge >= 0.3 is 12.1 Å². The third-order valence-corrected chi connectivity index (χ3v) is 5.15. The van der Waals surface area contributed by atoms with Crippen molar-refractivity contribution in [2.75, 3.05) is 14.2 Å². The summed E-state index contributed by atoms with van der Waals surface area (Å²) >= 11 is 0. The molecule has 0 bridgehead atoms. The topological polar surface area (TPSA) is 114 Å². The number of nitrogens with one attached hydrogen (secondary N) is 1. The number of carbonyl (C=O) groups is 3. The summed E-state index contributed by atoms with van der Waals surface area (Å²) in [6.45, 7) is 5.15. The van der Waals surface area contributed by atoms with Crippen molar-refractivity contribution in [1.29, 1.82) is 0 Å². The smallest absolute Gasteiger partial charge is 0.408 e. The van der Waals surface area contributed by atoms with E-state index in [1.807, 2.05) is 12.2 Å². The summed E-state index contributed by atoms with van der Waals surface area (Å²) in [4.78, 5) is 40.1. The summed E-state index contributed by atoms with van der Waals surface area (Å²) < 4.78 is 15.4. The molecule has 1 aromatic rings. The first kappa shape index (κ1) is 26.0. The SMILES string of the molecule is COC(=O)[C@@H]1CC/C=C/CC[C@H](NC(=O)OC(C)(C)C)C(=O)N1Cc1ccc(OC)cc1O. The van der Waals surface area contributed by atoms with E-state index in [-0.39, 0.29) is 12.3 Å². The summed E-state index contributed by atoms with van der Waals surface area (Å²) in [5.74, 6) is -0.634. The molecular formula is C24H34N2O7. The zero-order chi connectivity index (χ0) is 24.6. The lowest BCUT2D eigenvalue weighted by atomic mass is 10.0. The van der Waals surface area contributed by atoms with Crippen LogP contribution in [0.3, 0.4) is 0 Å². The monoisotopic (exact) mass is 462 g/mol. The number of methoxy groups -OCH3 is 2. The molecule has 0 saturated carbocycles. The van der Waals surface area contributed by atoms with Gasteiger partial charge in [-0.1, -0.05) is 12.2 Å². The number of benzene rings is 1. The number of nitrogens with zero attached hydrogens (tertiary/aromatic N) is 1. The number of amides is 2. The zero-order valence-electron chi connectivity index (χ0n) is 19.9. The van der Waals surface area contributed by atoms with Crippen molar-refractivity contribution in [3.63, 3.8) is 0 Å². The highest BCUT2D eigenvalue weighted by Gasteiger charge is 2.36. The molecule has 0 radical (unpaired) electrons. The number of rotatable bonds is 5. The van der Waals surface area contributed by atoms with Crippen molar-refractivity contribution in [3.05, 3.63) is 35.9 Å². The third-order valence-electron chi connectivity index (χ3n) is 5.15. The van der Waals surface area contributed by atoms with Gasteiger partial charge in [-0.2, -0.15) is 0 Å². The number of aromatic hydroxyl groups is 1. The summed E-state index contributed by atoms with van der Waals surface area (Å²) in [6.07, 6.45) is 4.96. The van der Waals surface area contributed by atoms with Crippen molar-refractivity contribution in [2.24, 2.45) is 0 Å². The number of phenolic OH excluding ortho intramolecular Hbond substituents is 1. The predicted octanol–water partition coefficient (Wildman–Crippen LogP) is 3.29. The van der Waals surface area contributed by atoms with Gasteiger partial charge in [0, 0.05) is 11.6 Å². The van der Waals surface area contributed by atoms with Crippen LogP contribution in [0.5, 0.6) is 11.5 Å². The van der Waals surface area contributed by atoms with Crippen LogP contribution in [0.25, 0.3) is 0 Å². The normalized spacial score (nSPS) is 20.5. The van der Waals surface area contributed by atoms with Gasteiger partial charge in [-0.15, -0.1) is 0 Å². The molecule has 1 heterocycles. The van der Waals surface area contributed by atoms with Gasteiger partial charge in [-0.3, -0.25) is 4.79 Å². The summed E-state index contributed by atoms with van der Waals surface area (Å²) in [5, 5.41) is 13.1. The minimum absolute atomic E-state index is 0.0510. The van der Waals surface area contributed by atoms with E-state index in [1.165, 1.54) is 25.2 Å². The van der Waals surface area contributed by atoms with Gasteiger partial charge in [-0.25, -0.2) is 9.59 Å². The summed E-state index contributed by atoms with van der Waals surface area (Å²) in [6, 6.07) is 2.91. The molecule has 0 saturated heterocycles. The highest BCUT2D eigenvalue weighted by Crippen LogP contribution is 2.27. The molecule has 9 nitrogen and oxygen atoms in total. The molecule has 0 spiro atoms. The van der Waals surface area contributed by atoms with Gasteiger partial charge in [0.05, 0.1) is 20.8 Å². The van der Waals surface area contributed by atoms with Crippen molar-refractivity contribution in [1.82, 2.24) is 10.2 Å². The van der Waals surface area contributed by atoms with E-state index >= 15 is 0 Å². The van der Waals surface area contributed by atoms with Crippen molar-refractivity contribution in [2.45, 2.75) is 70.7 Å². The highest BCUT2D eigenvalue weighted by molar-refractivity contribution is 5.90. The van der Waals surface area contributed by atoms with E-state index < -0.39 is 35.7 Å². The molecule has 33 heavy (non-hydrogen) atoms. The fourth-order valence-corrected chi connectivity index (χ4v) is 3.53. The number of hydrogen-bond acceptors (Lipinski definition) is 7. The lowest BCUT2D eigenvalue weighted by Crippen LogP contribution is -2.54. The molecule has 1 aliphatic heterocycles. The molecule has 2 amide bonds. The van der Waals surface area contributed by atoms with Crippen molar-refractivity contribution in [3.8, 4) is 11.5 Å². The van der Waals surface area contributed by atoms with Gasteiger partial charge in [-0.05, 0) is 58.6 Å². The van der Waals surface area contributed by atoms with Gasteiger partial charge in [0.1, 0.15) is 29.2 Å². The lowest BCUT2D eigenvalue weighted by molar-refractivity contribution is -0.154. The van der Waals surface area contributed by atoms with Crippen molar-refractivity contribution >= 4 is 18.0 Å². The Bertz CT molecular complexity index is 876. The number of esters is 1. The quantitative estimate of drug-likeness (QED) is 0.510. The molecule has 0 fully saturated rings. The Hall–Kier alpha value is -3.23. The molecule has 0 unspecified atom stereocenters. The van der Waals surface area contributed by atoms with E-state index in [9.17, 15) is 19.5 Å². The first-order chi connectivity index (χ1) is 15.6. The molecule has 9 heteroatoms. The maximum atomic E-state index is 13.7. The molecular weight excluding hydrogens is 428 g/mol. The van der Waals surface area contributed by atoms with E-state index in [1.54, 1.807) is 32.9 Å². The largest absolute Gasteiger partial charge is 0.507 e. The van der Waals surface area contributed by atoms with Crippen LogP contribution in [-0.4, -0.2) is 59.9 Å². The Morgan fingerprint density at radius 2 is 1.82 bits per heavy atom. The average Bonchev–Trinajstić information content (AvgIpc) is 2.75. The molecule has 2 N–H and O–H groups in total.